The number of aromatic nitrogens is 3. The summed E-state index contributed by atoms with van der Waals surface area (Å²) >= 11 is 5.72. The number of carboxylic acid groups (broad SMARTS) is 1. The van der Waals surface area contributed by atoms with Gasteiger partial charge in [-0.15, -0.1) is 5.10 Å². The van der Waals surface area contributed by atoms with Crippen LogP contribution in [0.4, 0.5) is 16.3 Å². The van der Waals surface area contributed by atoms with Gasteiger partial charge in [0.1, 0.15) is 6.54 Å². The van der Waals surface area contributed by atoms with Gasteiger partial charge in [0.25, 0.3) is 0 Å². The molecule has 0 aliphatic heterocycles. The average Bonchev–Trinajstić information content (AvgIpc) is 2.78. The molecule has 0 aliphatic rings. The van der Waals surface area contributed by atoms with Crippen LogP contribution in [0.25, 0.3) is 0 Å². The first-order valence-corrected chi connectivity index (χ1v) is 5.86. The summed E-state index contributed by atoms with van der Waals surface area (Å²) in [6.07, 6.45) is 1.32. The standard InChI is InChI=1S/C11H10ClN5O3/c12-7-1-3-8(4-2-7)13-11(20)14-9-5-17(16-15-9)6-10(18)19/h1-5H,6H2,(H,18,19)(H2,13,14,20). The molecule has 2 rings (SSSR count). The van der Waals surface area contributed by atoms with Gasteiger partial charge in [-0.2, -0.15) is 0 Å². The molecule has 3 N–H and O–H groups in total. The number of carbonyl (C=O) groups is 2. The highest BCUT2D eigenvalue weighted by atomic mass is 35.5. The molecule has 104 valence electrons. The van der Waals surface area contributed by atoms with Gasteiger partial charge < -0.3 is 10.4 Å². The highest BCUT2D eigenvalue weighted by molar-refractivity contribution is 6.30. The van der Waals surface area contributed by atoms with Crippen LogP contribution in [0.1, 0.15) is 0 Å². The van der Waals surface area contributed by atoms with E-state index in [2.05, 4.69) is 20.9 Å². The van der Waals surface area contributed by atoms with Crippen LogP contribution in [-0.4, -0.2) is 32.1 Å². The molecular weight excluding hydrogens is 286 g/mol. The number of anilines is 2. The van der Waals surface area contributed by atoms with Crippen LogP contribution in [0.5, 0.6) is 0 Å². The summed E-state index contributed by atoms with van der Waals surface area (Å²) in [6, 6.07) is 6.04. The number of hydrogen-bond donors (Lipinski definition) is 3. The Balaban J connectivity index is 1.92. The van der Waals surface area contributed by atoms with Gasteiger partial charge in [0.15, 0.2) is 5.82 Å². The third kappa shape index (κ3) is 3.95. The third-order valence-electron chi connectivity index (χ3n) is 2.18. The number of rotatable bonds is 4. The second kappa shape index (κ2) is 6.02. The van der Waals surface area contributed by atoms with Crippen LogP contribution in [0.15, 0.2) is 30.5 Å². The molecule has 9 heteroatoms. The lowest BCUT2D eigenvalue weighted by Crippen LogP contribution is -2.19. The Morgan fingerprint density at radius 2 is 1.95 bits per heavy atom. The highest BCUT2D eigenvalue weighted by Crippen LogP contribution is 2.13. The fourth-order valence-corrected chi connectivity index (χ4v) is 1.51. The Morgan fingerprint density at radius 1 is 1.25 bits per heavy atom. The fourth-order valence-electron chi connectivity index (χ4n) is 1.38. The predicted octanol–water partition coefficient (Wildman–Crippen LogP) is 1.66. The zero-order valence-electron chi connectivity index (χ0n) is 10.1. The molecule has 1 aromatic carbocycles. The van der Waals surface area contributed by atoms with E-state index in [-0.39, 0.29) is 12.4 Å². The number of benzene rings is 1. The third-order valence-corrected chi connectivity index (χ3v) is 2.43. The monoisotopic (exact) mass is 295 g/mol. The molecule has 0 saturated carbocycles. The van der Waals surface area contributed by atoms with E-state index in [0.717, 1.165) is 4.68 Å². The van der Waals surface area contributed by atoms with E-state index in [0.29, 0.717) is 10.7 Å². The van der Waals surface area contributed by atoms with Gasteiger partial charge in [0.05, 0.1) is 6.20 Å². The van der Waals surface area contributed by atoms with E-state index in [1.807, 2.05) is 0 Å². The molecule has 0 fully saturated rings. The SMILES string of the molecule is O=C(O)Cn1cc(NC(=O)Nc2ccc(Cl)cc2)nn1. The first-order chi connectivity index (χ1) is 9.52. The molecule has 8 nitrogen and oxygen atoms in total. The van der Waals surface area contributed by atoms with Gasteiger partial charge in [0.2, 0.25) is 0 Å². The maximum atomic E-state index is 11.6. The molecule has 0 atom stereocenters. The van der Waals surface area contributed by atoms with Crippen molar-refractivity contribution in [1.29, 1.82) is 0 Å². The number of amides is 2. The van der Waals surface area contributed by atoms with Gasteiger partial charge in [-0.3, -0.25) is 10.1 Å². The quantitative estimate of drug-likeness (QED) is 0.794. The summed E-state index contributed by atoms with van der Waals surface area (Å²) in [6.45, 7) is -0.326. The van der Waals surface area contributed by atoms with Crippen molar-refractivity contribution >= 4 is 35.1 Å². The first-order valence-electron chi connectivity index (χ1n) is 5.48. The van der Waals surface area contributed by atoms with Gasteiger partial charge >= 0.3 is 12.0 Å². The summed E-state index contributed by atoms with van der Waals surface area (Å²) < 4.78 is 1.10. The summed E-state index contributed by atoms with van der Waals surface area (Å²) in [5.41, 5.74) is 0.560. The topological polar surface area (TPSA) is 109 Å². The van der Waals surface area contributed by atoms with Crippen molar-refractivity contribution in [3.8, 4) is 0 Å². The maximum absolute atomic E-state index is 11.6. The normalized spacial score (nSPS) is 10.1. The summed E-state index contributed by atoms with van der Waals surface area (Å²) in [7, 11) is 0. The Morgan fingerprint density at radius 3 is 2.60 bits per heavy atom. The number of aliphatic carboxylic acids is 1. The van der Waals surface area contributed by atoms with Crippen molar-refractivity contribution in [2.24, 2.45) is 0 Å². The molecule has 2 amide bonds. The maximum Gasteiger partial charge on any atom is 0.325 e. The van der Waals surface area contributed by atoms with Crippen LogP contribution in [-0.2, 0) is 11.3 Å². The number of nitrogens with zero attached hydrogens (tertiary/aromatic N) is 3. The second-order valence-corrected chi connectivity index (χ2v) is 4.22. The van der Waals surface area contributed by atoms with E-state index < -0.39 is 12.0 Å². The minimum atomic E-state index is -1.05. The molecule has 0 radical (unpaired) electrons. The minimum Gasteiger partial charge on any atom is -0.480 e. The molecule has 0 aliphatic carbocycles. The van der Waals surface area contributed by atoms with Crippen LogP contribution >= 0.6 is 11.6 Å². The first kappa shape index (κ1) is 13.8. The number of hydrogen-bond acceptors (Lipinski definition) is 4. The van der Waals surface area contributed by atoms with Crippen LogP contribution in [0.3, 0.4) is 0 Å². The summed E-state index contributed by atoms with van der Waals surface area (Å²) in [4.78, 5) is 22.1. The van der Waals surface area contributed by atoms with Gasteiger partial charge in [0, 0.05) is 10.7 Å². The number of carboxylic acids is 1. The van der Waals surface area contributed by atoms with E-state index >= 15 is 0 Å². The molecular formula is C11H10ClN5O3. The minimum absolute atomic E-state index is 0.151. The van der Waals surface area contributed by atoms with Gasteiger partial charge in [-0.25, -0.2) is 9.48 Å². The summed E-state index contributed by atoms with van der Waals surface area (Å²) in [5.74, 6) is -0.898. The second-order valence-electron chi connectivity index (χ2n) is 3.78. The molecule has 0 bridgehead atoms. The molecule has 2 aromatic rings. The Kier molecular flexibility index (Phi) is 4.16. The van der Waals surface area contributed by atoms with Crippen molar-refractivity contribution in [2.45, 2.75) is 6.54 Å². The molecule has 1 heterocycles. The van der Waals surface area contributed by atoms with E-state index in [1.165, 1.54) is 6.20 Å². The van der Waals surface area contributed by atoms with E-state index in [9.17, 15) is 9.59 Å². The lowest BCUT2D eigenvalue weighted by molar-refractivity contribution is -0.137. The zero-order valence-corrected chi connectivity index (χ0v) is 10.8. The van der Waals surface area contributed by atoms with Crippen LogP contribution in [0.2, 0.25) is 5.02 Å². The highest BCUT2D eigenvalue weighted by Gasteiger charge is 2.07. The Bertz CT molecular complexity index is 625. The largest absolute Gasteiger partial charge is 0.480 e. The van der Waals surface area contributed by atoms with Crippen molar-refractivity contribution in [3.63, 3.8) is 0 Å². The molecule has 0 spiro atoms. The van der Waals surface area contributed by atoms with E-state index in [4.69, 9.17) is 16.7 Å². The van der Waals surface area contributed by atoms with Crippen LogP contribution < -0.4 is 10.6 Å². The number of urea groups is 1. The molecule has 0 saturated heterocycles. The molecule has 0 unspecified atom stereocenters. The lowest BCUT2D eigenvalue weighted by atomic mass is 10.3. The zero-order chi connectivity index (χ0) is 14.5. The number of carbonyl (C=O) groups excluding carboxylic acids is 1. The summed E-state index contributed by atoms with van der Waals surface area (Å²) in [5, 5.41) is 21.3. The Hall–Kier alpha value is -2.61. The van der Waals surface area contributed by atoms with Crippen LogP contribution in [0, 0.1) is 0 Å². The fraction of sp³-hybridized carbons (Fsp3) is 0.0909. The Labute approximate surface area is 118 Å². The van der Waals surface area contributed by atoms with E-state index in [1.54, 1.807) is 24.3 Å². The van der Waals surface area contributed by atoms with Gasteiger partial charge in [-0.1, -0.05) is 16.8 Å². The molecule has 1 aromatic heterocycles. The number of nitrogens with one attached hydrogen (secondary N) is 2. The van der Waals surface area contributed by atoms with Crippen molar-refractivity contribution in [2.75, 3.05) is 10.6 Å². The number of halogens is 1. The predicted molar refractivity (Wildman–Crippen MR) is 71.8 cm³/mol. The smallest absolute Gasteiger partial charge is 0.325 e. The lowest BCUT2D eigenvalue weighted by Gasteiger charge is -2.04. The van der Waals surface area contributed by atoms with Crippen molar-refractivity contribution < 1.29 is 14.7 Å². The van der Waals surface area contributed by atoms with Crippen molar-refractivity contribution in [1.82, 2.24) is 15.0 Å². The van der Waals surface area contributed by atoms with Gasteiger partial charge in [-0.05, 0) is 24.3 Å². The van der Waals surface area contributed by atoms with Crippen molar-refractivity contribution in [3.05, 3.63) is 35.5 Å². The molecule has 20 heavy (non-hydrogen) atoms. The average molecular weight is 296 g/mol.